The summed E-state index contributed by atoms with van der Waals surface area (Å²) in [4.78, 5) is 0. The van der Waals surface area contributed by atoms with Crippen molar-refractivity contribution in [3.63, 3.8) is 0 Å². The van der Waals surface area contributed by atoms with Crippen LogP contribution < -0.4 is 5.73 Å². The monoisotopic (exact) mass is 747 g/mol. The van der Waals surface area contributed by atoms with Crippen molar-refractivity contribution in [2.75, 3.05) is 7.05 Å². The summed E-state index contributed by atoms with van der Waals surface area (Å²) >= 11 is 10.2. The van der Waals surface area contributed by atoms with Crippen LogP contribution in [0.4, 0.5) is 0 Å². The van der Waals surface area contributed by atoms with E-state index in [1.165, 1.54) is 7.05 Å². The van der Waals surface area contributed by atoms with Gasteiger partial charge in [-0.3, -0.25) is 0 Å². The first-order chi connectivity index (χ1) is 3.00. The van der Waals surface area contributed by atoms with Gasteiger partial charge < -0.3 is 5.73 Å². The molecule has 0 radical (unpaired) electrons. The fourth-order valence-corrected chi connectivity index (χ4v) is 0. The molecule has 0 saturated carbocycles. The third-order valence-electron chi connectivity index (χ3n) is 0. The fraction of sp³-hybridized carbons (Fsp3) is 1.00. The van der Waals surface area contributed by atoms with Crippen LogP contribution in [-0.2, 0) is 0 Å². The summed E-state index contributed by atoms with van der Waals surface area (Å²) in [6.07, 6.45) is 0. The molecule has 0 atom stereocenters. The van der Waals surface area contributed by atoms with Gasteiger partial charge in [0.15, 0.2) is 0 Å². The van der Waals surface area contributed by atoms with Crippen LogP contribution in [0.2, 0.25) is 0 Å². The predicted octanol–water partition coefficient (Wildman–Crippen LogP) is 2.74. The van der Waals surface area contributed by atoms with Crippen LogP contribution in [0.15, 0.2) is 0 Å². The maximum absolute atomic E-state index is 4.50. The van der Waals surface area contributed by atoms with Crippen molar-refractivity contribution >= 4 is 75.0 Å². The summed E-state index contributed by atoms with van der Waals surface area (Å²) in [6, 6.07) is 0. The van der Waals surface area contributed by atoms with Gasteiger partial charge in [-0.05, 0) is 7.05 Å². The molecule has 0 rings (SSSR count). The fourth-order valence-electron chi connectivity index (χ4n) is 0. The molecule has 1 nitrogen and oxygen atoms in total. The topological polar surface area (TPSA) is 26.0 Å². The van der Waals surface area contributed by atoms with Crippen LogP contribution in [0.5, 0.6) is 0 Å². The molecule has 0 fully saturated rings. The summed E-state index contributed by atoms with van der Waals surface area (Å²) in [5, 5.41) is 0. The van der Waals surface area contributed by atoms with Gasteiger partial charge in [-0.15, -0.1) is 0 Å². The quantitative estimate of drug-likeness (QED) is 0.300. The molecule has 0 aromatic carbocycles. The molecule has 46 valence electrons. The molecule has 7 heavy (non-hydrogen) atoms. The molecule has 0 bridgehead atoms. The Morgan fingerprint density at radius 1 is 1.00 bits per heavy atom. The van der Waals surface area contributed by atoms with Crippen molar-refractivity contribution in [1.29, 1.82) is 0 Å². The molecule has 0 aliphatic heterocycles. The van der Waals surface area contributed by atoms with E-state index >= 15 is 0 Å². The first-order valence-electron chi connectivity index (χ1n) is 1.33. The zero-order chi connectivity index (χ0) is 6.50. The van der Waals surface area contributed by atoms with E-state index in [9.17, 15) is 0 Å². The van der Waals surface area contributed by atoms with E-state index in [1.54, 1.807) is 0 Å². The van der Waals surface area contributed by atoms with Crippen molar-refractivity contribution in [2.45, 2.75) is 0 Å². The number of rotatable bonds is 0. The van der Waals surface area contributed by atoms with E-state index < -0.39 is 4.00 Å². The summed E-state index contributed by atoms with van der Waals surface area (Å²) in [5.41, 5.74) is 4.50. The summed E-state index contributed by atoms with van der Waals surface area (Å²) in [6.45, 7) is 0. The molecule has 0 aliphatic carbocycles. The second kappa shape index (κ2) is 7.90. The van der Waals surface area contributed by atoms with E-state index in [0.717, 1.165) is 0 Å². The standard InChI is InChI=1S/CH5N.4HI.Pb/c1-2;;;;;/h2H2,1H3;4*1H;/q;;;;;+4/p-4. The molecule has 0 heterocycles. The average Bonchev–Trinajstić information content (AvgIpc) is 1.36. The molecule has 2 N–H and O–H groups in total. The molecular weight excluding hydrogens is 741 g/mol. The summed E-state index contributed by atoms with van der Waals surface area (Å²) in [7, 11) is 1.50. The van der Waals surface area contributed by atoms with E-state index in [1.807, 2.05) is 0 Å². The van der Waals surface area contributed by atoms with Crippen LogP contribution in [-0.4, -0.2) is 11.0 Å². The van der Waals surface area contributed by atoms with Crippen molar-refractivity contribution in [3.05, 3.63) is 0 Å². The Labute approximate surface area is 84.8 Å². The van der Waals surface area contributed by atoms with Gasteiger partial charge in [0, 0.05) is 0 Å². The minimum absolute atomic E-state index is 1.40. The normalized spacial score (nSPS) is 9.43. The number of halogens is 4. The Balaban J connectivity index is 0. The van der Waals surface area contributed by atoms with E-state index in [0.29, 0.717) is 0 Å². The molecule has 0 saturated heterocycles. The van der Waals surface area contributed by atoms with E-state index in [2.05, 4.69) is 76.8 Å². The zero-order valence-corrected chi connectivity index (χ0v) is 16.1. The molecular formula is CH5I4NPb. The molecule has 6 heteroatoms. The van der Waals surface area contributed by atoms with Gasteiger partial charge >= 0.3 is 75.0 Å². The van der Waals surface area contributed by atoms with Gasteiger partial charge in [0.25, 0.3) is 0 Å². The molecule has 0 aromatic heterocycles. The van der Waals surface area contributed by atoms with Gasteiger partial charge in [-0.1, -0.05) is 0 Å². The van der Waals surface area contributed by atoms with E-state index in [-0.39, 0.29) is 0 Å². The van der Waals surface area contributed by atoms with Gasteiger partial charge in [0.1, 0.15) is 0 Å². The molecule has 0 spiro atoms. The Bertz CT molecular complexity index is 27.2. The van der Waals surface area contributed by atoms with Gasteiger partial charge in [0.2, 0.25) is 0 Å². The maximum atomic E-state index is 4.50. The molecule has 0 aliphatic rings. The Hall–Kier alpha value is 3.80. The zero-order valence-electron chi connectivity index (χ0n) is 3.59. The van der Waals surface area contributed by atoms with Crippen LogP contribution in [0, 0.1) is 0 Å². The predicted molar refractivity (Wildman–Crippen MR) is 71.9 cm³/mol. The third kappa shape index (κ3) is 41.3. The first-order valence-corrected chi connectivity index (χ1v) is 45.1. The Morgan fingerprint density at radius 2 is 1.00 bits per heavy atom. The summed E-state index contributed by atoms with van der Waals surface area (Å²) in [5.74, 6) is 0. The average molecular weight is 746 g/mol. The summed E-state index contributed by atoms with van der Waals surface area (Å²) < 4.78 is -1.40. The van der Waals surface area contributed by atoms with Gasteiger partial charge in [0.05, 0.1) is 0 Å². The van der Waals surface area contributed by atoms with Crippen molar-refractivity contribution in [3.8, 4) is 0 Å². The SMILES string of the molecule is CN.[I][Pb]([I])([I])[I]. The molecule has 0 amide bonds. The van der Waals surface area contributed by atoms with Gasteiger partial charge in [-0.2, -0.15) is 0 Å². The second-order valence-corrected chi connectivity index (χ2v) is 169. The molecule has 0 unspecified atom stereocenters. The van der Waals surface area contributed by atoms with Crippen LogP contribution in [0.3, 0.4) is 0 Å². The van der Waals surface area contributed by atoms with Crippen LogP contribution >= 0.6 is 71.0 Å². The number of nitrogens with two attached hydrogens (primary N) is 1. The van der Waals surface area contributed by atoms with Crippen molar-refractivity contribution in [2.24, 2.45) is 5.73 Å². The Morgan fingerprint density at radius 3 is 1.00 bits per heavy atom. The first kappa shape index (κ1) is 13.4. The Kier molecular flexibility index (Phi) is 15.1. The van der Waals surface area contributed by atoms with Crippen molar-refractivity contribution in [1.82, 2.24) is 0 Å². The third-order valence-corrected chi connectivity index (χ3v) is 0. The second-order valence-electron chi connectivity index (χ2n) is 0.429. The minimum atomic E-state index is -1.40. The van der Waals surface area contributed by atoms with Crippen LogP contribution in [0.25, 0.3) is 0 Å². The number of hydrogen-bond acceptors (Lipinski definition) is 1. The van der Waals surface area contributed by atoms with Crippen LogP contribution in [0.1, 0.15) is 0 Å². The van der Waals surface area contributed by atoms with E-state index in [4.69, 9.17) is 0 Å². The molecule has 0 aromatic rings. The van der Waals surface area contributed by atoms with Gasteiger partial charge in [-0.25, -0.2) is 0 Å². The van der Waals surface area contributed by atoms with Crippen molar-refractivity contribution < 1.29 is 0 Å². The number of hydrogen-bond donors (Lipinski definition) is 1.